The molecule has 1 aromatic rings. The van der Waals surface area contributed by atoms with Crippen molar-refractivity contribution >= 4 is 21.9 Å². The molecule has 1 aromatic heterocycles. The Morgan fingerprint density at radius 1 is 1.64 bits per heavy atom. The molecule has 1 fully saturated rings. The van der Waals surface area contributed by atoms with Crippen molar-refractivity contribution in [3.05, 3.63) is 28.5 Å². The first-order valence-corrected chi connectivity index (χ1v) is 5.34. The normalized spacial score (nSPS) is 15.2. The predicted molar refractivity (Wildman–Crippen MR) is 54.9 cm³/mol. The van der Waals surface area contributed by atoms with E-state index < -0.39 is 0 Å². The van der Waals surface area contributed by atoms with Gasteiger partial charge in [-0.2, -0.15) is 0 Å². The first-order chi connectivity index (χ1) is 6.77. The van der Waals surface area contributed by atoms with E-state index in [-0.39, 0.29) is 5.97 Å². The number of pyridine rings is 1. The molecule has 0 saturated heterocycles. The maximum Gasteiger partial charge on any atom is 0.340 e. The van der Waals surface area contributed by atoms with Gasteiger partial charge in [-0.3, -0.25) is 0 Å². The van der Waals surface area contributed by atoms with Crippen LogP contribution in [0.5, 0.6) is 0 Å². The second-order valence-electron chi connectivity index (χ2n) is 3.38. The fourth-order valence-electron chi connectivity index (χ4n) is 1.09. The Bertz CT molecular complexity index is 350. The van der Waals surface area contributed by atoms with Gasteiger partial charge in [0, 0.05) is 6.20 Å². The van der Waals surface area contributed by atoms with Gasteiger partial charge in [-0.1, -0.05) is 0 Å². The zero-order valence-corrected chi connectivity index (χ0v) is 9.16. The number of nitrogens with zero attached hydrogens (tertiary/aromatic N) is 1. The van der Waals surface area contributed by atoms with Gasteiger partial charge in [-0.05, 0) is 46.8 Å². The monoisotopic (exact) mass is 255 g/mol. The van der Waals surface area contributed by atoms with E-state index in [1.54, 1.807) is 18.3 Å². The lowest BCUT2D eigenvalue weighted by Gasteiger charge is -2.04. The van der Waals surface area contributed by atoms with E-state index in [1.807, 2.05) is 0 Å². The lowest BCUT2D eigenvalue weighted by atomic mass is 10.3. The van der Waals surface area contributed by atoms with E-state index in [0.717, 1.165) is 0 Å². The highest BCUT2D eigenvalue weighted by Crippen LogP contribution is 2.29. The average molecular weight is 256 g/mol. The second kappa shape index (κ2) is 4.09. The molecule has 1 aliphatic rings. The van der Waals surface area contributed by atoms with E-state index >= 15 is 0 Å². The Kier molecular flexibility index (Phi) is 2.82. The van der Waals surface area contributed by atoms with Gasteiger partial charge >= 0.3 is 5.97 Å². The quantitative estimate of drug-likeness (QED) is 0.615. The number of carbonyl (C=O) groups is 1. The number of rotatable bonds is 3. The van der Waals surface area contributed by atoms with Crippen LogP contribution in [0.2, 0.25) is 0 Å². The molecule has 0 radical (unpaired) electrons. The molecule has 0 amide bonds. The fourth-order valence-corrected chi connectivity index (χ4v) is 1.51. The number of halogens is 1. The molecule has 1 saturated carbocycles. The summed E-state index contributed by atoms with van der Waals surface area (Å²) in [7, 11) is 0. The van der Waals surface area contributed by atoms with Crippen LogP contribution in [-0.2, 0) is 4.74 Å². The summed E-state index contributed by atoms with van der Waals surface area (Å²) in [5, 5.41) is 0. The van der Waals surface area contributed by atoms with Crippen molar-refractivity contribution in [2.75, 3.05) is 6.61 Å². The average Bonchev–Trinajstić information content (AvgIpc) is 2.98. The lowest BCUT2D eigenvalue weighted by molar-refractivity contribution is 0.0484. The zero-order valence-electron chi connectivity index (χ0n) is 7.57. The van der Waals surface area contributed by atoms with Crippen LogP contribution < -0.4 is 0 Å². The van der Waals surface area contributed by atoms with Crippen LogP contribution >= 0.6 is 15.9 Å². The van der Waals surface area contributed by atoms with Crippen LogP contribution in [0.25, 0.3) is 0 Å². The molecule has 74 valence electrons. The summed E-state index contributed by atoms with van der Waals surface area (Å²) >= 11 is 3.21. The minimum atomic E-state index is -0.295. The molecule has 0 spiro atoms. The summed E-state index contributed by atoms with van der Waals surface area (Å²) in [5.74, 6) is 0.297. The van der Waals surface area contributed by atoms with Gasteiger partial charge in [-0.15, -0.1) is 0 Å². The predicted octanol–water partition coefficient (Wildman–Crippen LogP) is 2.41. The van der Waals surface area contributed by atoms with Gasteiger partial charge in [0.05, 0.1) is 12.2 Å². The van der Waals surface area contributed by atoms with Crippen molar-refractivity contribution in [1.29, 1.82) is 0 Å². The largest absolute Gasteiger partial charge is 0.462 e. The van der Waals surface area contributed by atoms with Crippen molar-refractivity contribution in [1.82, 2.24) is 4.98 Å². The standard InChI is InChI=1S/C10H10BrNO2/c11-9-8(2-1-5-12-9)10(13)14-6-7-3-4-7/h1-2,5,7H,3-4,6H2. The van der Waals surface area contributed by atoms with Gasteiger partial charge in [0.25, 0.3) is 0 Å². The van der Waals surface area contributed by atoms with Gasteiger partial charge in [0.15, 0.2) is 0 Å². The van der Waals surface area contributed by atoms with Crippen LogP contribution in [0.1, 0.15) is 23.2 Å². The van der Waals surface area contributed by atoms with Gasteiger partial charge in [-0.25, -0.2) is 9.78 Å². The second-order valence-corrected chi connectivity index (χ2v) is 4.13. The molecule has 1 aliphatic carbocycles. The van der Waals surface area contributed by atoms with Crippen molar-refractivity contribution in [3.63, 3.8) is 0 Å². The van der Waals surface area contributed by atoms with E-state index in [1.165, 1.54) is 12.8 Å². The highest BCUT2D eigenvalue weighted by molar-refractivity contribution is 9.10. The topological polar surface area (TPSA) is 39.2 Å². The van der Waals surface area contributed by atoms with E-state index in [2.05, 4.69) is 20.9 Å². The molecular weight excluding hydrogens is 246 g/mol. The third-order valence-corrected chi connectivity index (χ3v) is 2.76. The van der Waals surface area contributed by atoms with Crippen LogP contribution in [0.3, 0.4) is 0 Å². The summed E-state index contributed by atoms with van der Waals surface area (Å²) in [6, 6.07) is 3.42. The number of hydrogen-bond acceptors (Lipinski definition) is 3. The molecule has 14 heavy (non-hydrogen) atoms. The minimum Gasteiger partial charge on any atom is -0.462 e. The summed E-state index contributed by atoms with van der Waals surface area (Å²) in [6.45, 7) is 0.542. The Balaban J connectivity index is 1.98. The number of carbonyl (C=O) groups excluding carboxylic acids is 1. The maximum absolute atomic E-state index is 11.5. The van der Waals surface area contributed by atoms with E-state index in [4.69, 9.17) is 4.74 Å². The molecule has 1 heterocycles. The number of hydrogen-bond donors (Lipinski definition) is 0. The molecule has 2 rings (SSSR count). The molecule has 4 heteroatoms. The molecule has 0 unspecified atom stereocenters. The highest BCUT2D eigenvalue weighted by atomic mass is 79.9. The molecule has 0 aromatic carbocycles. The number of aromatic nitrogens is 1. The Labute approximate surface area is 90.6 Å². The fraction of sp³-hybridized carbons (Fsp3) is 0.400. The molecular formula is C10H10BrNO2. The summed E-state index contributed by atoms with van der Waals surface area (Å²) in [6.07, 6.45) is 3.99. The van der Waals surface area contributed by atoms with Gasteiger partial charge < -0.3 is 4.74 Å². The first-order valence-electron chi connectivity index (χ1n) is 4.55. The number of ether oxygens (including phenoxy) is 1. The highest BCUT2D eigenvalue weighted by Gasteiger charge is 2.23. The molecule has 0 N–H and O–H groups in total. The molecule has 0 aliphatic heterocycles. The zero-order chi connectivity index (χ0) is 9.97. The Hall–Kier alpha value is -0.900. The summed E-state index contributed by atoms with van der Waals surface area (Å²) < 4.78 is 5.67. The summed E-state index contributed by atoms with van der Waals surface area (Å²) in [4.78, 5) is 15.5. The third-order valence-electron chi connectivity index (χ3n) is 2.13. The minimum absolute atomic E-state index is 0.295. The lowest BCUT2D eigenvalue weighted by Crippen LogP contribution is -2.08. The van der Waals surface area contributed by atoms with E-state index in [0.29, 0.717) is 22.7 Å². The third kappa shape index (κ3) is 2.32. The van der Waals surface area contributed by atoms with Crippen molar-refractivity contribution < 1.29 is 9.53 Å². The molecule has 0 bridgehead atoms. The molecule has 0 atom stereocenters. The Morgan fingerprint density at radius 3 is 3.07 bits per heavy atom. The first kappa shape index (κ1) is 9.65. The van der Waals surface area contributed by atoms with Crippen LogP contribution in [0.4, 0.5) is 0 Å². The summed E-state index contributed by atoms with van der Waals surface area (Å²) in [5.41, 5.74) is 0.494. The number of esters is 1. The van der Waals surface area contributed by atoms with Crippen molar-refractivity contribution in [2.24, 2.45) is 5.92 Å². The van der Waals surface area contributed by atoms with Crippen LogP contribution in [-0.4, -0.2) is 17.6 Å². The van der Waals surface area contributed by atoms with E-state index in [9.17, 15) is 4.79 Å². The smallest absolute Gasteiger partial charge is 0.340 e. The molecule has 3 nitrogen and oxygen atoms in total. The van der Waals surface area contributed by atoms with Crippen molar-refractivity contribution in [3.8, 4) is 0 Å². The maximum atomic E-state index is 11.5. The van der Waals surface area contributed by atoms with Crippen LogP contribution in [0.15, 0.2) is 22.9 Å². The van der Waals surface area contributed by atoms with Crippen LogP contribution in [0, 0.1) is 5.92 Å². The Morgan fingerprint density at radius 2 is 2.43 bits per heavy atom. The van der Waals surface area contributed by atoms with Gasteiger partial charge in [0.1, 0.15) is 4.60 Å². The van der Waals surface area contributed by atoms with Gasteiger partial charge in [0.2, 0.25) is 0 Å². The SMILES string of the molecule is O=C(OCC1CC1)c1cccnc1Br. The van der Waals surface area contributed by atoms with Crippen molar-refractivity contribution in [2.45, 2.75) is 12.8 Å².